The Labute approximate surface area is 200 Å². The number of carboxylic acid groups (broad SMARTS) is 1. The lowest BCUT2D eigenvalue weighted by atomic mass is 9.94. The predicted octanol–water partition coefficient (Wildman–Crippen LogP) is 4.55. The maximum atomic E-state index is 13.3. The molecule has 2 aromatic rings. The molecule has 0 aromatic heterocycles. The van der Waals surface area contributed by atoms with E-state index in [-0.39, 0.29) is 30.9 Å². The van der Waals surface area contributed by atoms with Gasteiger partial charge in [-0.1, -0.05) is 48.5 Å². The summed E-state index contributed by atoms with van der Waals surface area (Å²) in [7, 11) is 0. The molecule has 7 heteroatoms. The number of alkyl carbamates (subject to hydrolysis) is 1. The van der Waals surface area contributed by atoms with Crippen molar-refractivity contribution in [3.8, 4) is 11.1 Å². The summed E-state index contributed by atoms with van der Waals surface area (Å²) in [6.07, 6.45) is 2.42. The first kappa shape index (κ1) is 23.8. The number of rotatable bonds is 7. The monoisotopic (exact) mass is 464 g/mol. The van der Waals surface area contributed by atoms with Crippen molar-refractivity contribution < 1.29 is 24.2 Å². The van der Waals surface area contributed by atoms with Gasteiger partial charge in [0.25, 0.3) is 0 Å². The number of aliphatic carboxylic acids is 1. The Morgan fingerprint density at radius 3 is 2.26 bits per heavy atom. The van der Waals surface area contributed by atoms with Crippen LogP contribution in [0.4, 0.5) is 4.79 Å². The number of benzene rings is 2. The van der Waals surface area contributed by atoms with Crippen LogP contribution in [0.15, 0.2) is 48.5 Å². The average molecular weight is 465 g/mol. The number of amides is 2. The Bertz CT molecular complexity index is 1030. The molecule has 34 heavy (non-hydrogen) atoms. The smallest absolute Gasteiger partial charge is 0.408 e. The number of likely N-dealkylation sites (tertiary alicyclic amines) is 1. The molecule has 1 fully saturated rings. The zero-order chi connectivity index (χ0) is 24.3. The van der Waals surface area contributed by atoms with E-state index >= 15 is 0 Å². The number of nitrogens with zero attached hydrogens (tertiary/aromatic N) is 1. The Kier molecular flexibility index (Phi) is 6.91. The van der Waals surface area contributed by atoms with Crippen molar-refractivity contribution in [2.45, 2.75) is 63.5 Å². The molecule has 7 nitrogen and oxygen atoms in total. The standard InChI is InChI=1S/C27H32N2O5/c1-27(2,25(32)29-16-8-7-9-18(29)14-15-24(30)31)28-26(33)34-17-23-21-12-5-3-10-19(21)20-11-4-6-13-22(20)23/h3-6,10-13,18,23H,7-9,14-17H2,1-2H3,(H,28,33)(H,30,31). The van der Waals surface area contributed by atoms with Gasteiger partial charge in [-0.25, -0.2) is 4.79 Å². The fourth-order valence-electron chi connectivity index (χ4n) is 5.16. The molecule has 2 aliphatic rings. The van der Waals surface area contributed by atoms with Crippen molar-refractivity contribution in [1.29, 1.82) is 0 Å². The van der Waals surface area contributed by atoms with Crippen molar-refractivity contribution in [1.82, 2.24) is 10.2 Å². The molecule has 2 amide bonds. The maximum Gasteiger partial charge on any atom is 0.408 e. The van der Waals surface area contributed by atoms with Gasteiger partial charge in [0.1, 0.15) is 12.1 Å². The summed E-state index contributed by atoms with van der Waals surface area (Å²) in [5.74, 6) is -1.13. The van der Waals surface area contributed by atoms with E-state index in [1.165, 1.54) is 0 Å². The Balaban J connectivity index is 1.39. The van der Waals surface area contributed by atoms with Gasteiger partial charge in [-0.2, -0.15) is 0 Å². The van der Waals surface area contributed by atoms with Crippen LogP contribution in [0.2, 0.25) is 0 Å². The molecular formula is C27H32N2O5. The highest BCUT2D eigenvalue weighted by molar-refractivity contribution is 5.89. The molecule has 1 aliphatic carbocycles. The highest BCUT2D eigenvalue weighted by Crippen LogP contribution is 2.44. The summed E-state index contributed by atoms with van der Waals surface area (Å²) in [4.78, 5) is 38.8. The van der Waals surface area contributed by atoms with E-state index in [2.05, 4.69) is 29.6 Å². The summed E-state index contributed by atoms with van der Waals surface area (Å²) in [6.45, 7) is 4.08. The number of carboxylic acids is 1. The van der Waals surface area contributed by atoms with Crippen molar-refractivity contribution in [3.63, 3.8) is 0 Å². The molecule has 2 aromatic carbocycles. The van der Waals surface area contributed by atoms with E-state index < -0.39 is 17.6 Å². The van der Waals surface area contributed by atoms with Crippen LogP contribution in [0, 0.1) is 0 Å². The molecule has 0 bridgehead atoms. The summed E-state index contributed by atoms with van der Waals surface area (Å²) < 4.78 is 5.62. The van der Waals surface area contributed by atoms with Crippen LogP contribution in [0.5, 0.6) is 0 Å². The van der Waals surface area contributed by atoms with Gasteiger partial charge in [0.15, 0.2) is 0 Å². The van der Waals surface area contributed by atoms with Gasteiger partial charge in [0, 0.05) is 24.9 Å². The highest BCUT2D eigenvalue weighted by atomic mass is 16.5. The lowest BCUT2D eigenvalue weighted by Crippen LogP contribution is -2.59. The zero-order valence-corrected chi connectivity index (χ0v) is 19.8. The van der Waals surface area contributed by atoms with Crippen LogP contribution in [-0.2, 0) is 14.3 Å². The summed E-state index contributed by atoms with van der Waals surface area (Å²) in [5.41, 5.74) is 3.39. The van der Waals surface area contributed by atoms with E-state index in [4.69, 9.17) is 9.84 Å². The average Bonchev–Trinajstić information content (AvgIpc) is 3.14. The number of nitrogens with one attached hydrogen (secondary N) is 1. The minimum atomic E-state index is -1.17. The van der Waals surface area contributed by atoms with E-state index in [1.54, 1.807) is 18.7 Å². The minimum absolute atomic E-state index is 0.0225. The molecule has 1 atom stereocenters. The van der Waals surface area contributed by atoms with Crippen LogP contribution < -0.4 is 5.32 Å². The Morgan fingerprint density at radius 1 is 1.03 bits per heavy atom. The first-order valence-corrected chi connectivity index (χ1v) is 11.9. The van der Waals surface area contributed by atoms with Crippen molar-refractivity contribution >= 4 is 18.0 Å². The molecule has 0 spiro atoms. The summed E-state index contributed by atoms with van der Waals surface area (Å²) in [6, 6.07) is 16.1. The second-order valence-electron chi connectivity index (χ2n) is 9.66. The normalized spacial score (nSPS) is 17.6. The Morgan fingerprint density at radius 2 is 1.65 bits per heavy atom. The molecule has 0 saturated carbocycles. The number of ether oxygens (including phenoxy) is 1. The largest absolute Gasteiger partial charge is 0.481 e. The molecule has 180 valence electrons. The number of carbonyl (C=O) groups excluding carboxylic acids is 2. The molecule has 1 saturated heterocycles. The molecule has 1 unspecified atom stereocenters. The van der Waals surface area contributed by atoms with Crippen molar-refractivity contribution in [3.05, 3.63) is 59.7 Å². The van der Waals surface area contributed by atoms with Gasteiger partial charge in [0.05, 0.1) is 0 Å². The first-order chi connectivity index (χ1) is 16.3. The number of carbonyl (C=O) groups is 3. The molecule has 1 heterocycles. The molecular weight excluding hydrogens is 432 g/mol. The summed E-state index contributed by atoms with van der Waals surface area (Å²) in [5, 5.41) is 11.8. The fourth-order valence-corrected chi connectivity index (χ4v) is 5.16. The third-order valence-electron chi connectivity index (χ3n) is 6.87. The second-order valence-corrected chi connectivity index (χ2v) is 9.66. The van der Waals surface area contributed by atoms with Crippen LogP contribution in [-0.4, -0.2) is 52.7 Å². The Hall–Kier alpha value is -3.35. The fraction of sp³-hybridized carbons (Fsp3) is 0.444. The molecule has 0 radical (unpaired) electrons. The number of fused-ring (bicyclic) bond motifs is 3. The van der Waals surface area contributed by atoms with Gasteiger partial charge < -0.3 is 20.1 Å². The second kappa shape index (κ2) is 9.87. The zero-order valence-electron chi connectivity index (χ0n) is 19.8. The van der Waals surface area contributed by atoms with Crippen LogP contribution in [0.25, 0.3) is 11.1 Å². The van der Waals surface area contributed by atoms with Crippen LogP contribution in [0.3, 0.4) is 0 Å². The third kappa shape index (κ3) is 4.93. The minimum Gasteiger partial charge on any atom is -0.481 e. The topological polar surface area (TPSA) is 95.9 Å². The number of hydrogen-bond acceptors (Lipinski definition) is 4. The number of hydrogen-bond donors (Lipinski definition) is 2. The van der Waals surface area contributed by atoms with Gasteiger partial charge >= 0.3 is 12.1 Å². The van der Waals surface area contributed by atoms with E-state index in [0.717, 1.165) is 41.5 Å². The molecule has 1 aliphatic heterocycles. The van der Waals surface area contributed by atoms with Gasteiger partial charge in [0.2, 0.25) is 5.91 Å². The van der Waals surface area contributed by atoms with Crippen molar-refractivity contribution in [2.75, 3.05) is 13.2 Å². The maximum absolute atomic E-state index is 13.3. The SMILES string of the molecule is CC(C)(NC(=O)OCC1c2ccccc2-c2ccccc21)C(=O)N1CCCCC1CCC(=O)O. The van der Waals surface area contributed by atoms with Gasteiger partial charge in [-0.3, -0.25) is 9.59 Å². The van der Waals surface area contributed by atoms with Gasteiger partial charge in [-0.05, 0) is 61.8 Å². The van der Waals surface area contributed by atoms with E-state index in [1.807, 2.05) is 24.3 Å². The molecule has 4 rings (SSSR count). The first-order valence-electron chi connectivity index (χ1n) is 11.9. The van der Waals surface area contributed by atoms with Gasteiger partial charge in [-0.15, -0.1) is 0 Å². The van der Waals surface area contributed by atoms with E-state index in [9.17, 15) is 14.4 Å². The lowest BCUT2D eigenvalue weighted by molar-refractivity contribution is -0.143. The third-order valence-corrected chi connectivity index (χ3v) is 6.87. The van der Waals surface area contributed by atoms with E-state index in [0.29, 0.717) is 13.0 Å². The quantitative estimate of drug-likeness (QED) is 0.627. The van der Waals surface area contributed by atoms with Crippen LogP contribution in [0.1, 0.15) is 63.0 Å². The molecule has 2 N–H and O–H groups in total. The number of piperidine rings is 1. The van der Waals surface area contributed by atoms with Crippen molar-refractivity contribution in [2.24, 2.45) is 0 Å². The summed E-state index contributed by atoms with van der Waals surface area (Å²) >= 11 is 0. The lowest BCUT2D eigenvalue weighted by Gasteiger charge is -2.40. The predicted molar refractivity (Wildman–Crippen MR) is 129 cm³/mol. The highest BCUT2D eigenvalue weighted by Gasteiger charge is 2.38. The van der Waals surface area contributed by atoms with Crippen LogP contribution >= 0.6 is 0 Å².